The summed E-state index contributed by atoms with van der Waals surface area (Å²) in [5.74, 6) is 0. The average Bonchev–Trinajstić information content (AvgIpc) is 2.38. The van der Waals surface area contributed by atoms with Crippen molar-refractivity contribution in [3.05, 3.63) is 29.6 Å². The highest BCUT2D eigenvalue weighted by Gasteiger charge is 2.42. The Hall–Kier alpha value is -1.44. The molecular formula is C14H17N3O. The first-order valence-electron chi connectivity index (χ1n) is 6.55. The van der Waals surface area contributed by atoms with Gasteiger partial charge in [0.25, 0.3) is 0 Å². The fraction of sp³-hybridized carbons (Fsp3) is 0.571. The maximum atomic E-state index is 10.8. The minimum absolute atomic E-state index is 0.403. The third-order valence-corrected chi connectivity index (χ3v) is 4.11. The van der Waals surface area contributed by atoms with Crippen LogP contribution in [0.5, 0.6) is 0 Å². The standard InChI is InChI=1S/C14H17N3O/c15-8-10-4-5-13(16-9-10)14(18)6-11-2-1-3-12(7-14)17-11/h4-5,9,11-12,17-18H,1-3,6-7H2. The van der Waals surface area contributed by atoms with E-state index in [0.29, 0.717) is 23.3 Å². The van der Waals surface area contributed by atoms with E-state index in [9.17, 15) is 5.11 Å². The van der Waals surface area contributed by atoms with Crippen LogP contribution in [0.2, 0.25) is 0 Å². The van der Waals surface area contributed by atoms with Crippen LogP contribution < -0.4 is 5.32 Å². The summed E-state index contributed by atoms with van der Waals surface area (Å²) in [6, 6.07) is 6.38. The SMILES string of the molecule is N#Cc1ccc(C2(O)CC3CCCC(C2)N3)nc1. The molecule has 0 amide bonds. The molecule has 2 aliphatic rings. The number of aliphatic hydroxyl groups is 1. The van der Waals surface area contributed by atoms with Gasteiger partial charge >= 0.3 is 0 Å². The molecule has 3 heterocycles. The number of nitriles is 1. The number of hydrogen-bond donors (Lipinski definition) is 2. The van der Waals surface area contributed by atoms with E-state index >= 15 is 0 Å². The van der Waals surface area contributed by atoms with Gasteiger partial charge in [0.1, 0.15) is 11.7 Å². The van der Waals surface area contributed by atoms with E-state index in [2.05, 4.69) is 16.4 Å². The van der Waals surface area contributed by atoms with Crippen LogP contribution in [0.25, 0.3) is 0 Å². The molecule has 0 aliphatic carbocycles. The highest BCUT2D eigenvalue weighted by Crippen LogP contribution is 2.38. The Balaban J connectivity index is 1.87. The Morgan fingerprint density at radius 2 is 2.06 bits per heavy atom. The molecule has 0 radical (unpaired) electrons. The number of pyridine rings is 1. The second kappa shape index (κ2) is 4.34. The van der Waals surface area contributed by atoms with Crippen LogP contribution in [0, 0.1) is 11.3 Å². The third kappa shape index (κ3) is 2.00. The molecule has 3 rings (SSSR count). The lowest BCUT2D eigenvalue weighted by Crippen LogP contribution is -2.54. The van der Waals surface area contributed by atoms with Crippen molar-refractivity contribution in [2.45, 2.75) is 49.8 Å². The summed E-state index contributed by atoms with van der Waals surface area (Å²) in [5.41, 5.74) is 0.422. The first kappa shape index (κ1) is 11.6. The van der Waals surface area contributed by atoms with Crippen molar-refractivity contribution >= 4 is 0 Å². The van der Waals surface area contributed by atoms with Gasteiger partial charge in [-0.15, -0.1) is 0 Å². The summed E-state index contributed by atoms with van der Waals surface area (Å²) >= 11 is 0. The van der Waals surface area contributed by atoms with E-state index in [0.717, 1.165) is 25.7 Å². The van der Waals surface area contributed by atoms with Gasteiger partial charge in [-0.05, 0) is 37.8 Å². The zero-order chi connectivity index (χ0) is 12.6. The quantitative estimate of drug-likeness (QED) is 0.783. The number of hydrogen-bond acceptors (Lipinski definition) is 4. The number of nitrogens with zero attached hydrogens (tertiary/aromatic N) is 2. The van der Waals surface area contributed by atoms with Crippen molar-refractivity contribution in [1.82, 2.24) is 10.3 Å². The highest BCUT2D eigenvalue weighted by molar-refractivity contribution is 5.28. The molecule has 0 spiro atoms. The summed E-state index contributed by atoms with van der Waals surface area (Å²) in [7, 11) is 0. The number of aromatic nitrogens is 1. The lowest BCUT2D eigenvalue weighted by Gasteiger charge is -2.44. The normalized spacial score (nSPS) is 34.9. The van der Waals surface area contributed by atoms with Gasteiger partial charge < -0.3 is 10.4 Å². The van der Waals surface area contributed by atoms with Gasteiger partial charge in [0.2, 0.25) is 0 Å². The molecule has 1 aromatic rings. The molecule has 2 atom stereocenters. The molecule has 2 N–H and O–H groups in total. The fourth-order valence-corrected chi connectivity index (χ4v) is 3.28. The Kier molecular flexibility index (Phi) is 2.81. The molecule has 4 heteroatoms. The van der Waals surface area contributed by atoms with Crippen LogP contribution in [0.1, 0.15) is 43.4 Å². The molecular weight excluding hydrogens is 226 g/mol. The number of fused-ring (bicyclic) bond motifs is 2. The van der Waals surface area contributed by atoms with Gasteiger partial charge in [-0.3, -0.25) is 4.98 Å². The predicted octanol–water partition coefficient (Wildman–Crippen LogP) is 1.45. The first-order chi connectivity index (χ1) is 8.69. The van der Waals surface area contributed by atoms with E-state index in [1.807, 2.05) is 0 Å². The van der Waals surface area contributed by atoms with Crippen LogP contribution in [0.15, 0.2) is 18.3 Å². The molecule has 1 aromatic heterocycles. The zero-order valence-electron chi connectivity index (χ0n) is 10.3. The largest absolute Gasteiger partial charge is 0.383 e. The van der Waals surface area contributed by atoms with Crippen molar-refractivity contribution in [3.8, 4) is 6.07 Å². The summed E-state index contributed by atoms with van der Waals surface area (Å²) in [6.45, 7) is 0. The number of piperidine rings is 2. The van der Waals surface area contributed by atoms with Gasteiger partial charge in [0.15, 0.2) is 0 Å². The molecule has 0 aromatic carbocycles. The van der Waals surface area contributed by atoms with Crippen LogP contribution >= 0.6 is 0 Å². The molecule has 2 saturated heterocycles. The summed E-state index contributed by atoms with van der Waals surface area (Å²) in [5, 5.41) is 23.2. The topological polar surface area (TPSA) is 68.9 Å². The van der Waals surface area contributed by atoms with Gasteiger partial charge in [-0.2, -0.15) is 5.26 Å². The maximum absolute atomic E-state index is 10.8. The number of rotatable bonds is 1. The molecule has 2 unspecified atom stereocenters. The highest BCUT2D eigenvalue weighted by atomic mass is 16.3. The smallest absolute Gasteiger partial charge is 0.109 e. The second-order valence-electron chi connectivity index (χ2n) is 5.48. The molecule has 2 bridgehead atoms. The molecule has 2 fully saturated rings. The maximum Gasteiger partial charge on any atom is 0.109 e. The van der Waals surface area contributed by atoms with Crippen molar-refractivity contribution in [2.75, 3.05) is 0 Å². The zero-order valence-corrected chi connectivity index (χ0v) is 10.3. The van der Waals surface area contributed by atoms with E-state index in [4.69, 9.17) is 5.26 Å². The van der Waals surface area contributed by atoms with Crippen LogP contribution in [-0.4, -0.2) is 22.2 Å². The molecule has 4 nitrogen and oxygen atoms in total. The molecule has 94 valence electrons. The summed E-state index contributed by atoms with van der Waals surface area (Å²) < 4.78 is 0. The van der Waals surface area contributed by atoms with Crippen LogP contribution in [0.4, 0.5) is 0 Å². The second-order valence-corrected chi connectivity index (χ2v) is 5.48. The Morgan fingerprint density at radius 1 is 1.33 bits per heavy atom. The number of nitrogens with one attached hydrogen (secondary N) is 1. The van der Waals surface area contributed by atoms with Crippen molar-refractivity contribution < 1.29 is 5.11 Å². The van der Waals surface area contributed by atoms with Gasteiger partial charge in [0.05, 0.1) is 11.3 Å². The predicted molar refractivity (Wildman–Crippen MR) is 66.6 cm³/mol. The van der Waals surface area contributed by atoms with Crippen molar-refractivity contribution in [2.24, 2.45) is 0 Å². The van der Waals surface area contributed by atoms with E-state index in [1.54, 1.807) is 18.3 Å². The van der Waals surface area contributed by atoms with Crippen LogP contribution in [0.3, 0.4) is 0 Å². The molecule has 0 saturated carbocycles. The van der Waals surface area contributed by atoms with Crippen molar-refractivity contribution in [3.63, 3.8) is 0 Å². The van der Waals surface area contributed by atoms with E-state index < -0.39 is 5.60 Å². The minimum atomic E-state index is -0.824. The molecule has 2 aliphatic heterocycles. The minimum Gasteiger partial charge on any atom is -0.383 e. The third-order valence-electron chi connectivity index (χ3n) is 4.11. The van der Waals surface area contributed by atoms with Gasteiger partial charge in [-0.1, -0.05) is 6.42 Å². The average molecular weight is 243 g/mol. The van der Waals surface area contributed by atoms with Gasteiger partial charge in [0, 0.05) is 18.3 Å². The first-order valence-corrected chi connectivity index (χ1v) is 6.55. The summed E-state index contributed by atoms with van der Waals surface area (Å²) in [4.78, 5) is 4.27. The fourth-order valence-electron chi connectivity index (χ4n) is 3.28. The van der Waals surface area contributed by atoms with E-state index in [-0.39, 0.29) is 0 Å². The Bertz CT molecular complexity index is 465. The summed E-state index contributed by atoms with van der Waals surface area (Å²) in [6.07, 6.45) is 6.51. The lowest BCUT2D eigenvalue weighted by atomic mass is 9.75. The monoisotopic (exact) mass is 243 g/mol. The molecule has 18 heavy (non-hydrogen) atoms. The Labute approximate surface area is 107 Å². The van der Waals surface area contributed by atoms with Gasteiger partial charge in [-0.25, -0.2) is 0 Å². The van der Waals surface area contributed by atoms with Crippen LogP contribution in [-0.2, 0) is 5.60 Å². The van der Waals surface area contributed by atoms with Crippen molar-refractivity contribution in [1.29, 1.82) is 5.26 Å². The lowest BCUT2D eigenvalue weighted by molar-refractivity contribution is -0.0392. The Morgan fingerprint density at radius 3 is 2.61 bits per heavy atom. The van der Waals surface area contributed by atoms with E-state index in [1.165, 1.54) is 6.42 Å².